The van der Waals surface area contributed by atoms with Crippen LogP contribution in [0.4, 0.5) is 4.39 Å². The predicted molar refractivity (Wildman–Crippen MR) is 70.9 cm³/mol. The molecule has 0 amide bonds. The highest BCUT2D eigenvalue weighted by atomic mass is 79.9. The number of hydrogen-bond acceptors (Lipinski definition) is 2. The van der Waals surface area contributed by atoms with Crippen LogP contribution in [-0.2, 0) is 10.2 Å². The summed E-state index contributed by atoms with van der Waals surface area (Å²) < 4.78 is 38.2. The average molecular weight is 358 g/mol. The summed E-state index contributed by atoms with van der Waals surface area (Å²) in [5.74, 6) is -0.500. The Morgan fingerprint density at radius 1 is 1.50 bits per heavy atom. The van der Waals surface area contributed by atoms with Gasteiger partial charge in [-0.2, -0.15) is 12.7 Å². The Morgan fingerprint density at radius 2 is 2.17 bits per heavy atom. The molecule has 2 rings (SSSR count). The highest BCUT2D eigenvalue weighted by Crippen LogP contribution is 2.37. The molecule has 18 heavy (non-hydrogen) atoms. The van der Waals surface area contributed by atoms with Crippen LogP contribution in [0.15, 0.2) is 16.6 Å². The van der Waals surface area contributed by atoms with E-state index in [-0.39, 0.29) is 10.0 Å². The molecular weight excluding hydrogens is 347 g/mol. The third-order valence-corrected chi connectivity index (χ3v) is 4.80. The molecule has 0 aromatic heterocycles. The van der Waals surface area contributed by atoms with Crippen molar-refractivity contribution in [3.05, 3.63) is 33.0 Å². The van der Waals surface area contributed by atoms with Crippen LogP contribution in [-0.4, -0.2) is 19.3 Å². The molecular formula is C10H11BrClFN2O2S. The summed E-state index contributed by atoms with van der Waals surface area (Å²) in [7, 11) is -3.83. The Bertz CT molecular complexity index is 581. The monoisotopic (exact) mass is 356 g/mol. The van der Waals surface area contributed by atoms with Crippen LogP contribution in [0.5, 0.6) is 0 Å². The van der Waals surface area contributed by atoms with Gasteiger partial charge in [-0.1, -0.05) is 11.6 Å². The molecule has 1 aliphatic rings. The van der Waals surface area contributed by atoms with Gasteiger partial charge in [-0.25, -0.2) is 9.53 Å². The molecule has 1 fully saturated rings. The van der Waals surface area contributed by atoms with Gasteiger partial charge in [-0.05, 0) is 40.9 Å². The molecule has 0 bridgehead atoms. The van der Waals surface area contributed by atoms with Crippen molar-refractivity contribution in [3.8, 4) is 0 Å². The second kappa shape index (κ2) is 5.05. The second-order valence-electron chi connectivity index (χ2n) is 4.10. The summed E-state index contributed by atoms with van der Waals surface area (Å²) in [5.41, 5.74) is 0.251. The van der Waals surface area contributed by atoms with Gasteiger partial charge in [0, 0.05) is 17.1 Å². The number of hydrogen-bond donors (Lipinski definition) is 1. The molecule has 1 atom stereocenters. The zero-order valence-corrected chi connectivity index (χ0v) is 12.4. The van der Waals surface area contributed by atoms with Crippen molar-refractivity contribution in [3.63, 3.8) is 0 Å². The van der Waals surface area contributed by atoms with Gasteiger partial charge >= 0.3 is 0 Å². The normalized spacial score (nSPS) is 21.4. The first-order valence-corrected chi connectivity index (χ1v) is 7.92. The second-order valence-corrected chi connectivity index (χ2v) is 6.89. The van der Waals surface area contributed by atoms with Crippen molar-refractivity contribution in [2.24, 2.45) is 5.14 Å². The molecule has 1 aromatic carbocycles. The van der Waals surface area contributed by atoms with Crippen LogP contribution < -0.4 is 5.14 Å². The van der Waals surface area contributed by atoms with E-state index in [1.165, 1.54) is 12.1 Å². The maximum atomic E-state index is 14.0. The minimum absolute atomic E-state index is 0.214. The van der Waals surface area contributed by atoms with E-state index >= 15 is 0 Å². The first kappa shape index (κ1) is 14.2. The highest BCUT2D eigenvalue weighted by Gasteiger charge is 2.35. The van der Waals surface area contributed by atoms with Crippen LogP contribution in [0.1, 0.15) is 24.4 Å². The van der Waals surface area contributed by atoms with E-state index in [9.17, 15) is 12.8 Å². The van der Waals surface area contributed by atoms with Crippen LogP contribution >= 0.6 is 27.5 Å². The van der Waals surface area contributed by atoms with Gasteiger partial charge in [-0.3, -0.25) is 0 Å². The first-order valence-electron chi connectivity index (χ1n) is 5.24. The molecule has 1 aliphatic heterocycles. The molecule has 0 aliphatic carbocycles. The lowest BCUT2D eigenvalue weighted by Gasteiger charge is -2.22. The Morgan fingerprint density at radius 3 is 2.78 bits per heavy atom. The molecule has 0 spiro atoms. The van der Waals surface area contributed by atoms with E-state index in [2.05, 4.69) is 15.9 Å². The van der Waals surface area contributed by atoms with Gasteiger partial charge in [0.2, 0.25) is 0 Å². The van der Waals surface area contributed by atoms with Crippen molar-refractivity contribution >= 4 is 37.7 Å². The topological polar surface area (TPSA) is 63.4 Å². The van der Waals surface area contributed by atoms with Crippen molar-refractivity contribution in [2.75, 3.05) is 6.54 Å². The van der Waals surface area contributed by atoms with Crippen molar-refractivity contribution in [2.45, 2.75) is 18.9 Å². The Hall–Kier alpha value is -0.210. The zero-order chi connectivity index (χ0) is 13.5. The van der Waals surface area contributed by atoms with Crippen molar-refractivity contribution in [1.29, 1.82) is 0 Å². The molecule has 0 radical (unpaired) electrons. The summed E-state index contributed by atoms with van der Waals surface area (Å²) in [6.07, 6.45) is 1.17. The molecule has 8 heteroatoms. The molecule has 100 valence electrons. The van der Waals surface area contributed by atoms with Gasteiger partial charge in [0.15, 0.2) is 0 Å². The van der Waals surface area contributed by atoms with Gasteiger partial charge < -0.3 is 0 Å². The Kier molecular flexibility index (Phi) is 3.99. The predicted octanol–water partition coefficient (Wildman–Crippen LogP) is 2.58. The van der Waals surface area contributed by atoms with Gasteiger partial charge in [0.1, 0.15) is 5.82 Å². The molecule has 1 saturated heterocycles. The number of benzene rings is 1. The maximum Gasteiger partial charge on any atom is 0.277 e. The summed E-state index contributed by atoms with van der Waals surface area (Å²) >= 11 is 8.92. The van der Waals surface area contributed by atoms with E-state index in [1.54, 1.807) is 0 Å². The third-order valence-electron chi connectivity index (χ3n) is 2.91. The molecule has 1 aromatic rings. The van der Waals surface area contributed by atoms with Gasteiger partial charge in [0.05, 0.1) is 10.5 Å². The summed E-state index contributed by atoms with van der Waals surface area (Å²) in [4.78, 5) is 0. The minimum atomic E-state index is -3.83. The lowest BCUT2D eigenvalue weighted by atomic mass is 10.1. The first-order chi connectivity index (χ1) is 8.30. The minimum Gasteiger partial charge on any atom is -0.216 e. The fraction of sp³-hybridized carbons (Fsp3) is 0.400. The number of nitrogens with two attached hydrogens (primary N) is 1. The van der Waals surface area contributed by atoms with Crippen LogP contribution in [0.25, 0.3) is 0 Å². The van der Waals surface area contributed by atoms with E-state index < -0.39 is 22.1 Å². The number of rotatable bonds is 2. The molecule has 4 nitrogen and oxygen atoms in total. The maximum absolute atomic E-state index is 14.0. The van der Waals surface area contributed by atoms with E-state index in [4.69, 9.17) is 16.7 Å². The standard InChI is InChI=1S/C10H11BrClFN2O2S/c11-8-5-6(12)4-7(10(8)13)9-2-1-3-15(9)18(14,16)17/h4-5,9H,1-3H2,(H2,14,16,17). The van der Waals surface area contributed by atoms with E-state index in [0.717, 1.165) is 4.31 Å². The van der Waals surface area contributed by atoms with E-state index in [0.29, 0.717) is 24.4 Å². The summed E-state index contributed by atoms with van der Waals surface area (Å²) in [5, 5.41) is 5.47. The fourth-order valence-electron chi connectivity index (χ4n) is 2.17. The highest BCUT2D eigenvalue weighted by molar-refractivity contribution is 9.10. The Labute approximate surface area is 118 Å². The average Bonchev–Trinajstić information content (AvgIpc) is 2.71. The fourth-order valence-corrected chi connectivity index (χ4v) is 3.97. The molecule has 0 saturated carbocycles. The molecule has 1 unspecified atom stereocenters. The van der Waals surface area contributed by atoms with Crippen LogP contribution in [0, 0.1) is 5.82 Å². The van der Waals surface area contributed by atoms with Gasteiger partial charge in [0.25, 0.3) is 10.2 Å². The zero-order valence-electron chi connectivity index (χ0n) is 9.24. The Balaban J connectivity index is 2.49. The third kappa shape index (κ3) is 2.70. The van der Waals surface area contributed by atoms with Crippen molar-refractivity contribution < 1.29 is 12.8 Å². The number of halogens is 3. The lowest BCUT2D eigenvalue weighted by molar-refractivity contribution is 0.386. The number of nitrogens with zero attached hydrogens (tertiary/aromatic N) is 1. The van der Waals surface area contributed by atoms with Gasteiger partial charge in [-0.15, -0.1) is 0 Å². The van der Waals surface area contributed by atoms with Crippen molar-refractivity contribution in [1.82, 2.24) is 4.31 Å². The SMILES string of the molecule is NS(=O)(=O)N1CCCC1c1cc(Cl)cc(Br)c1F. The van der Waals surface area contributed by atoms with Crippen LogP contribution in [0.3, 0.4) is 0 Å². The molecule has 2 N–H and O–H groups in total. The quantitative estimate of drug-likeness (QED) is 0.827. The smallest absolute Gasteiger partial charge is 0.216 e. The van der Waals surface area contributed by atoms with Crippen LogP contribution in [0.2, 0.25) is 5.02 Å². The van der Waals surface area contributed by atoms with E-state index in [1.807, 2.05) is 0 Å². The lowest BCUT2D eigenvalue weighted by Crippen LogP contribution is -2.36. The summed E-state index contributed by atoms with van der Waals surface area (Å²) in [6, 6.07) is 2.28. The largest absolute Gasteiger partial charge is 0.277 e. The molecule has 1 heterocycles. The summed E-state index contributed by atoms with van der Waals surface area (Å²) in [6.45, 7) is 0.299.